The van der Waals surface area contributed by atoms with Crippen molar-refractivity contribution in [2.75, 3.05) is 5.32 Å². The maximum absolute atomic E-state index is 12.4. The first-order valence-corrected chi connectivity index (χ1v) is 7.09. The molecule has 3 aromatic rings. The second kappa shape index (κ2) is 5.06. The van der Waals surface area contributed by atoms with Gasteiger partial charge >= 0.3 is 5.97 Å². The number of carbonyl (C=O) groups is 2. The summed E-state index contributed by atoms with van der Waals surface area (Å²) < 4.78 is 0. The van der Waals surface area contributed by atoms with E-state index >= 15 is 0 Å². The van der Waals surface area contributed by atoms with Crippen LogP contribution in [0.4, 0.5) is 5.00 Å². The molecular weight excluding hydrogens is 288 g/mol. The van der Waals surface area contributed by atoms with E-state index in [1.54, 1.807) is 6.07 Å². The van der Waals surface area contributed by atoms with Crippen LogP contribution in [-0.2, 0) is 0 Å². The molecular formula is C15H12N2O3S. The fourth-order valence-electron chi connectivity index (χ4n) is 2.26. The Hall–Kier alpha value is -2.60. The molecule has 106 valence electrons. The number of rotatable bonds is 3. The van der Waals surface area contributed by atoms with E-state index in [0.717, 1.165) is 27.9 Å². The monoisotopic (exact) mass is 300 g/mol. The second-order valence-electron chi connectivity index (χ2n) is 4.59. The largest absolute Gasteiger partial charge is 0.477 e. The molecule has 3 rings (SSSR count). The molecule has 0 aliphatic rings. The number of H-pyrrole nitrogens is 1. The maximum Gasteiger partial charge on any atom is 0.345 e. The lowest BCUT2D eigenvalue weighted by Gasteiger charge is -2.02. The number of carbonyl (C=O) groups excluding carboxylic acids is 1. The smallest absolute Gasteiger partial charge is 0.345 e. The summed E-state index contributed by atoms with van der Waals surface area (Å²) in [7, 11) is 0. The third-order valence-electron chi connectivity index (χ3n) is 3.17. The number of amides is 1. The van der Waals surface area contributed by atoms with E-state index in [4.69, 9.17) is 5.11 Å². The van der Waals surface area contributed by atoms with Gasteiger partial charge in [-0.2, -0.15) is 0 Å². The summed E-state index contributed by atoms with van der Waals surface area (Å²) in [6, 6.07) is 10.6. The highest BCUT2D eigenvalue weighted by Crippen LogP contribution is 2.26. The quantitative estimate of drug-likeness (QED) is 0.692. The zero-order chi connectivity index (χ0) is 15.0. The van der Waals surface area contributed by atoms with Gasteiger partial charge in [-0.05, 0) is 25.1 Å². The number of aromatic carboxylic acids is 1. The number of nitrogens with one attached hydrogen (secondary N) is 2. The number of fused-ring (bicyclic) bond motifs is 1. The van der Waals surface area contributed by atoms with Crippen LogP contribution in [0.5, 0.6) is 0 Å². The van der Waals surface area contributed by atoms with Crippen LogP contribution in [0, 0.1) is 6.92 Å². The van der Waals surface area contributed by atoms with Crippen LogP contribution in [0.15, 0.2) is 36.4 Å². The molecule has 0 unspecified atom stereocenters. The summed E-state index contributed by atoms with van der Waals surface area (Å²) in [6.07, 6.45) is 0. The summed E-state index contributed by atoms with van der Waals surface area (Å²) in [5, 5.41) is 13.0. The van der Waals surface area contributed by atoms with Crippen molar-refractivity contribution in [3.63, 3.8) is 0 Å². The molecule has 2 aromatic heterocycles. The Morgan fingerprint density at radius 2 is 1.95 bits per heavy atom. The number of thiophene rings is 1. The van der Waals surface area contributed by atoms with Gasteiger partial charge in [0.05, 0.1) is 10.6 Å². The first kappa shape index (κ1) is 13.4. The van der Waals surface area contributed by atoms with E-state index in [2.05, 4.69) is 10.3 Å². The van der Waals surface area contributed by atoms with E-state index in [1.807, 2.05) is 31.2 Å². The van der Waals surface area contributed by atoms with Gasteiger partial charge in [-0.15, -0.1) is 11.3 Å². The minimum absolute atomic E-state index is 0.195. The van der Waals surface area contributed by atoms with E-state index in [-0.39, 0.29) is 10.8 Å². The van der Waals surface area contributed by atoms with Crippen LogP contribution >= 0.6 is 11.3 Å². The molecule has 1 amide bonds. The number of anilines is 1. The van der Waals surface area contributed by atoms with Gasteiger partial charge in [-0.25, -0.2) is 4.79 Å². The first-order chi connectivity index (χ1) is 10.1. The van der Waals surface area contributed by atoms with E-state index in [1.165, 1.54) is 6.07 Å². The number of hydrogen-bond acceptors (Lipinski definition) is 3. The zero-order valence-electron chi connectivity index (χ0n) is 11.1. The Morgan fingerprint density at radius 3 is 2.67 bits per heavy atom. The number of aromatic amines is 1. The highest BCUT2D eigenvalue weighted by atomic mass is 32.1. The minimum Gasteiger partial charge on any atom is -0.477 e. The second-order valence-corrected chi connectivity index (χ2v) is 5.68. The Bertz CT molecular complexity index is 848. The van der Waals surface area contributed by atoms with Gasteiger partial charge in [0.2, 0.25) is 0 Å². The van der Waals surface area contributed by atoms with Crippen LogP contribution in [-0.4, -0.2) is 22.0 Å². The lowest BCUT2D eigenvalue weighted by molar-refractivity contribution is 0.0702. The van der Waals surface area contributed by atoms with Crippen LogP contribution in [0.1, 0.15) is 25.7 Å². The molecule has 0 saturated heterocycles. The summed E-state index contributed by atoms with van der Waals surface area (Å²) in [5.41, 5.74) is 2.26. The third-order valence-corrected chi connectivity index (χ3v) is 4.16. The third kappa shape index (κ3) is 2.41. The topological polar surface area (TPSA) is 82.2 Å². The molecule has 0 spiro atoms. The van der Waals surface area contributed by atoms with E-state index in [0.29, 0.717) is 10.6 Å². The SMILES string of the molecule is Cc1[nH]c2ccccc2c1C(=O)Nc1ccc(C(=O)O)s1. The van der Waals surface area contributed by atoms with Crippen LogP contribution in [0.3, 0.4) is 0 Å². The van der Waals surface area contributed by atoms with Gasteiger partial charge in [0.25, 0.3) is 5.91 Å². The Morgan fingerprint density at radius 1 is 1.19 bits per heavy atom. The summed E-state index contributed by atoms with van der Waals surface area (Å²) in [6.45, 7) is 1.84. The van der Waals surface area contributed by atoms with E-state index in [9.17, 15) is 9.59 Å². The summed E-state index contributed by atoms with van der Waals surface area (Å²) in [4.78, 5) is 26.6. The van der Waals surface area contributed by atoms with Crippen molar-refractivity contribution in [3.05, 3.63) is 52.5 Å². The minimum atomic E-state index is -0.997. The van der Waals surface area contributed by atoms with Crippen LogP contribution in [0.25, 0.3) is 10.9 Å². The first-order valence-electron chi connectivity index (χ1n) is 6.28. The fourth-order valence-corrected chi connectivity index (χ4v) is 3.00. The lowest BCUT2D eigenvalue weighted by Crippen LogP contribution is -2.11. The van der Waals surface area contributed by atoms with E-state index < -0.39 is 5.97 Å². The normalized spacial score (nSPS) is 10.7. The number of carboxylic acids is 1. The van der Waals surface area contributed by atoms with Crippen molar-refractivity contribution in [1.82, 2.24) is 4.98 Å². The molecule has 0 radical (unpaired) electrons. The van der Waals surface area contributed by atoms with Gasteiger partial charge in [0, 0.05) is 16.6 Å². The molecule has 0 aliphatic heterocycles. The summed E-state index contributed by atoms with van der Waals surface area (Å²) >= 11 is 1.04. The molecule has 0 atom stereocenters. The van der Waals surface area contributed by atoms with Crippen LogP contribution in [0.2, 0.25) is 0 Å². The van der Waals surface area contributed by atoms with Crippen molar-refractivity contribution in [3.8, 4) is 0 Å². The van der Waals surface area contributed by atoms with Crippen LogP contribution < -0.4 is 5.32 Å². The molecule has 6 heteroatoms. The molecule has 3 N–H and O–H groups in total. The van der Waals surface area contributed by atoms with Gasteiger partial charge in [0.1, 0.15) is 4.88 Å². The molecule has 1 aromatic carbocycles. The van der Waals surface area contributed by atoms with Crippen molar-refractivity contribution in [2.24, 2.45) is 0 Å². The number of aromatic nitrogens is 1. The van der Waals surface area contributed by atoms with Crippen molar-refractivity contribution in [1.29, 1.82) is 0 Å². The Kier molecular flexibility index (Phi) is 3.23. The number of carboxylic acid groups (broad SMARTS) is 1. The van der Waals surface area contributed by atoms with Crippen molar-refractivity contribution in [2.45, 2.75) is 6.92 Å². The average Bonchev–Trinajstić information content (AvgIpc) is 3.01. The summed E-state index contributed by atoms with van der Waals surface area (Å²) in [5.74, 6) is -1.24. The average molecular weight is 300 g/mol. The van der Waals surface area contributed by atoms with Crippen molar-refractivity contribution >= 4 is 39.1 Å². The standard InChI is InChI=1S/C15H12N2O3S/c1-8-13(9-4-2-3-5-10(9)16-8)14(18)17-12-7-6-11(21-12)15(19)20/h2-7,16H,1H3,(H,17,18)(H,19,20). The Balaban J connectivity index is 1.93. The Labute approximate surface area is 124 Å². The molecule has 0 aliphatic carbocycles. The zero-order valence-corrected chi connectivity index (χ0v) is 12.0. The molecule has 2 heterocycles. The lowest BCUT2D eigenvalue weighted by atomic mass is 10.1. The highest BCUT2D eigenvalue weighted by molar-refractivity contribution is 7.18. The fraction of sp³-hybridized carbons (Fsp3) is 0.0667. The number of aryl methyl sites for hydroxylation is 1. The number of benzene rings is 1. The number of hydrogen-bond donors (Lipinski definition) is 3. The maximum atomic E-state index is 12.4. The molecule has 5 nitrogen and oxygen atoms in total. The molecule has 21 heavy (non-hydrogen) atoms. The number of para-hydroxylation sites is 1. The molecule has 0 saturated carbocycles. The van der Waals surface area contributed by atoms with Gasteiger partial charge in [-0.1, -0.05) is 18.2 Å². The van der Waals surface area contributed by atoms with Gasteiger partial charge in [0.15, 0.2) is 0 Å². The molecule has 0 fully saturated rings. The molecule has 0 bridgehead atoms. The highest BCUT2D eigenvalue weighted by Gasteiger charge is 2.17. The van der Waals surface area contributed by atoms with Gasteiger partial charge in [-0.3, -0.25) is 4.79 Å². The van der Waals surface area contributed by atoms with Crippen molar-refractivity contribution < 1.29 is 14.7 Å². The predicted molar refractivity (Wildman–Crippen MR) is 82.3 cm³/mol. The predicted octanol–water partition coefficient (Wildman–Crippen LogP) is 3.49. The van der Waals surface area contributed by atoms with Gasteiger partial charge < -0.3 is 15.4 Å².